The van der Waals surface area contributed by atoms with Crippen LogP contribution in [0, 0.1) is 11.3 Å². The fourth-order valence-corrected chi connectivity index (χ4v) is 2.45. The van der Waals surface area contributed by atoms with Gasteiger partial charge in [-0.2, -0.15) is 0 Å². The molecule has 0 radical (unpaired) electrons. The Bertz CT molecular complexity index is 330. The number of carbonyl (C=O) groups excluding carboxylic acids is 1. The summed E-state index contributed by atoms with van der Waals surface area (Å²) in [5.74, 6) is -1.73. The third-order valence-corrected chi connectivity index (χ3v) is 3.63. The maximum Gasteiger partial charge on any atom is 0.328 e. The molecule has 7 nitrogen and oxygen atoms in total. The van der Waals surface area contributed by atoms with E-state index in [1.165, 1.54) is 0 Å². The van der Waals surface area contributed by atoms with Gasteiger partial charge < -0.3 is 26.2 Å². The van der Waals surface area contributed by atoms with Crippen LogP contribution in [-0.4, -0.2) is 60.9 Å². The van der Waals surface area contributed by atoms with E-state index in [4.69, 9.17) is 10.2 Å². The smallest absolute Gasteiger partial charge is 0.328 e. The molecule has 17 heavy (non-hydrogen) atoms. The molecule has 2 fully saturated rings. The van der Waals surface area contributed by atoms with Crippen LogP contribution in [0.15, 0.2) is 0 Å². The number of carboxylic acids is 1. The van der Waals surface area contributed by atoms with Gasteiger partial charge in [-0.3, -0.25) is 4.79 Å². The highest BCUT2D eigenvalue weighted by Gasteiger charge is 2.51. The Morgan fingerprint density at radius 3 is 2.47 bits per heavy atom. The van der Waals surface area contributed by atoms with Crippen LogP contribution in [0.3, 0.4) is 0 Å². The molecule has 2 atom stereocenters. The molecule has 2 aliphatic rings. The molecule has 5 N–H and O–H groups in total. The van der Waals surface area contributed by atoms with Crippen molar-refractivity contribution < 1.29 is 19.8 Å². The van der Waals surface area contributed by atoms with Gasteiger partial charge in [0.15, 0.2) is 0 Å². The zero-order valence-electron chi connectivity index (χ0n) is 9.40. The first-order chi connectivity index (χ1) is 8.09. The minimum atomic E-state index is -1.22. The fraction of sp³-hybridized carbons (Fsp3) is 0.800. The van der Waals surface area contributed by atoms with E-state index in [-0.39, 0.29) is 17.2 Å². The molecular weight excluding hydrogens is 226 g/mol. The van der Waals surface area contributed by atoms with E-state index in [1.807, 2.05) is 0 Å². The van der Waals surface area contributed by atoms with Crippen molar-refractivity contribution in [2.45, 2.75) is 6.04 Å². The number of hydrogen-bond acceptors (Lipinski definition) is 5. The van der Waals surface area contributed by atoms with Gasteiger partial charge in [-0.1, -0.05) is 0 Å². The molecule has 2 heterocycles. The van der Waals surface area contributed by atoms with Crippen LogP contribution in [0.1, 0.15) is 0 Å². The largest absolute Gasteiger partial charge is 0.480 e. The van der Waals surface area contributed by atoms with Crippen molar-refractivity contribution in [3.63, 3.8) is 0 Å². The second kappa shape index (κ2) is 4.59. The number of aliphatic carboxylic acids is 1. The molecule has 0 aromatic rings. The molecule has 0 bridgehead atoms. The summed E-state index contributed by atoms with van der Waals surface area (Å²) in [6.45, 7) is 2.29. The molecular formula is C10H17N3O4. The lowest BCUT2D eigenvalue weighted by Gasteiger charge is -2.42. The second-order valence-electron chi connectivity index (χ2n) is 4.73. The van der Waals surface area contributed by atoms with Crippen LogP contribution >= 0.6 is 0 Å². The maximum absolute atomic E-state index is 12.0. The topological polar surface area (TPSA) is 111 Å². The lowest BCUT2D eigenvalue weighted by Crippen LogP contribution is -2.61. The van der Waals surface area contributed by atoms with E-state index in [2.05, 4.69) is 16.0 Å². The summed E-state index contributed by atoms with van der Waals surface area (Å²) in [4.78, 5) is 22.7. The quantitative estimate of drug-likeness (QED) is 0.369. The third kappa shape index (κ3) is 2.13. The van der Waals surface area contributed by atoms with E-state index in [0.717, 1.165) is 19.6 Å². The number of rotatable bonds is 4. The van der Waals surface area contributed by atoms with Crippen LogP contribution in [0.4, 0.5) is 0 Å². The van der Waals surface area contributed by atoms with Crippen molar-refractivity contribution in [1.82, 2.24) is 16.0 Å². The molecule has 2 aliphatic heterocycles. The summed E-state index contributed by atoms with van der Waals surface area (Å²) >= 11 is 0. The summed E-state index contributed by atoms with van der Waals surface area (Å²) < 4.78 is 0. The number of nitrogens with one attached hydrogen (secondary N) is 3. The zero-order chi connectivity index (χ0) is 12.5. The Hall–Kier alpha value is -1.18. The van der Waals surface area contributed by atoms with Crippen molar-refractivity contribution in [2.24, 2.45) is 11.3 Å². The summed E-state index contributed by atoms with van der Waals surface area (Å²) in [6, 6.07) is -1.21. The van der Waals surface area contributed by atoms with Gasteiger partial charge >= 0.3 is 5.97 Å². The van der Waals surface area contributed by atoms with Crippen molar-refractivity contribution in [3.8, 4) is 0 Å². The Kier molecular flexibility index (Phi) is 3.32. The highest BCUT2D eigenvalue weighted by atomic mass is 16.4. The predicted octanol–water partition coefficient (Wildman–Crippen LogP) is -2.64. The Balaban J connectivity index is 1.97. The van der Waals surface area contributed by atoms with E-state index in [0.29, 0.717) is 6.54 Å². The fourth-order valence-electron chi connectivity index (χ4n) is 2.45. The number of aliphatic hydroxyl groups is 1. The molecule has 1 unspecified atom stereocenters. The van der Waals surface area contributed by atoms with Crippen molar-refractivity contribution in [3.05, 3.63) is 0 Å². The highest BCUT2D eigenvalue weighted by molar-refractivity contribution is 5.86. The normalized spacial score (nSPS) is 27.5. The van der Waals surface area contributed by atoms with Gasteiger partial charge in [-0.25, -0.2) is 4.79 Å². The lowest BCUT2D eigenvalue weighted by atomic mass is 9.72. The van der Waals surface area contributed by atoms with Crippen LogP contribution in [0.2, 0.25) is 0 Å². The Labute approximate surface area is 98.6 Å². The molecule has 96 valence electrons. The molecule has 0 aromatic heterocycles. The van der Waals surface area contributed by atoms with Gasteiger partial charge in [-0.05, 0) is 0 Å². The van der Waals surface area contributed by atoms with Gasteiger partial charge in [0.05, 0.1) is 12.5 Å². The molecule has 1 spiro atoms. The first-order valence-electron chi connectivity index (χ1n) is 5.64. The van der Waals surface area contributed by atoms with Gasteiger partial charge in [0, 0.05) is 31.6 Å². The monoisotopic (exact) mass is 243 g/mol. The lowest BCUT2D eigenvalue weighted by molar-refractivity contribution is -0.144. The molecule has 0 saturated carbocycles. The maximum atomic E-state index is 12.0. The van der Waals surface area contributed by atoms with Gasteiger partial charge in [-0.15, -0.1) is 0 Å². The van der Waals surface area contributed by atoms with Gasteiger partial charge in [0.25, 0.3) is 0 Å². The van der Waals surface area contributed by atoms with Gasteiger partial charge in [0.1, 0.15) is 6.04 Å². The molecule has 0 aromatic carbocycles. The molecule has 2 rings (SSSR count). The number of aliphatic hydroxyl groups excluding tert-OH is 1. The van der Waals surface area contributed by atoms with Crippen molar-refractivity contribution in [1.29, 1.82) is 0 Å². The van der Waals surface area contributed by atoms with Gasteiger partial charge in [0.2, 0.25) is 5.91 Å². The first kappa shape index (κ1) is 12.3. The average Bonchev–Trinajstić information content (AvgIpc) is 2.68. The molecule has 2 saturated heterocycles. The number of carbonyl (C=O) groups is 2. The third-order valence-electron chi connectivity index (χ3n) is 3.63. The summed E-state index contributed by atoms with van der Waals surface area (Å²) in [7, 11) is 0. The van der Waals surface area contributed by atoms with Crippen molar-refractivity contribution >= 4 is 11.9 Å². The summed E-state index contributed by atoms with van der Waals surface area (Å²) in [6.07, 6.45) is 0. The van der Waals surface area contributed by atoms with E-state index < -0.39 is 18.6 Å². The van der Waals surface area contributed by atoms with E-state index in [9.17, 15) is 9.59 Å². The number of hydrogen-bond donors (Lipinski definition) is 5. The zero-order valence-corrected chi connectivity index (χ0v) is 9.40. The first-order valence-corrected chi connectivity index (χ1v) is 5.64. The van der Waals surface area contributed by atoms with E-state index in [1.54, 1.807) is 0 Å². The van der Waals surface area contributed by atoms with E-state index >= 15 is 0 Å². The molecule has 1 amide bonds. The highest BCUT2D eigenvalue weighted by Crippen LogP contribution is 2.35. The Morgan fingerprint density at radius 1 is 1.35 bits per heavy atom. The number of carboxylic acid groups (broad SMARTS) is 1. The van der Waals surface area contributed by atoms with Crippen LogP contribution in [0.5, 0.6) is 0 Å². The average molecular weight is 243 g/mol. The SMILES string of the molecule is O=C(N[C@@H](CO)C(=O)O)C1CNCC12CNC2. The number of amides is 1. The van der Waals surface area contributed by atoms with Crippen LogP contribution < -0.4 is 16.0 Å². The summed E-state index contributed by atoms with van der Waals surface area (Å²) in [5.41, 5.74) is -0.0808. The standard InChI is InChI=1S/C10H17N3O4/c14-2-7(9(16)17)13-8(15)6-1-11-3-10(6)4-12-5-10/h6-7,11-12,14H,1-5H2,(H,13,15)(H,16,17)/t6?,7-/m0/s1. The van der Waals surface area contributed by atoms with Crippen LogP contribution in [0.25, 0.3) is 0 Å². The predicted molar refractivity (Wildman–Crippen MR) is 58.3 cm³/mol. The molecule has 7 heteroatoms. The minimum absolute atomic E-state index is 0.0808. The minimum Gasteiger partial charge on any atom is -0.480 e. The molecule has 0 aliphatic carbocycles. The second-order valence-corrected chi connectivity index (χ2v) is 4.73. The van der Waals surface area contributed by atoms with Crippen molar-refractivity contribution in [2.75, 3.05) is 32.8 Å². The Morgan fingerprint density at radius 2 is 2.00 bits per heavy atom. The van der Waals surface area contributed by atoms with Crippen LogP contribution in [-0.2, 0) is 9.59 Å². The summed E-state index contributed by atoms with van der Waals surface area (Å²) in [5, 5.41) is 26.3.